The van der Waals surface area contributed by atoms with Gasteiger partial charge in [-0.15, -0.1) is 24.0 Å². The Morgan fingerprint density at radius 2 is 2.00 bits per heavy atom. The second-order valence-corrected chi connectivity index (χ2v) is 7.58. The molecule has 0 radical (unpaired) electrons. The lowest BCUT2D eigenvalue weighted by molar-refractivity contribution is 0.0824. The van der Waals surface area contributed by atoms with Gasteiger partial charge in [-0.2, -0.15) is 0 Å². The first-order valence-electron chi connectivity index (χ1n) is 9.33. The van der Waals surface area contributed by atoms with Gasteiger partial charge in [-0.1, -0.05) is 29.3 Å². The van der Waals surface area contributed by atoms with Crippen LogP contribution in [0.25, 0.3) is 0 Å². The van der Waals surface area contributed by atoms with E-state index in [1.165, 1.54) is 0 Å². The van der Waals surface area contributed by atoms with Gasteiger partial charge < -0.3 is 20.2 Å². The molecule has 2 N–H and O–H groups in total. The number of benzene rings is 1. The molecular formula is C19H31Cl2IN4O. The van der Waals surface area contributed by atoms with Crippen molar-refractivity contribution in [1.82, 2.24) is 15.1 Å². The molecule has 5 nitrogen and oxygen atoms in total. The maximum Gasteiger partial charge on any atom is 0.193 e. The maximum atomic E-state index is 9.57. The van der Waals surface area contributed by atoms with Crippen molar-refractivity contribution in [1.29, 1.82) is 0 Å². The van der Waals surface area contributed by atoms with E-state index in [2.05, 4.69) is 22.0 Å². The van der Waals surface area contributed by atoms with Crippen LogP contribution in [-0.4, -0.2) is 66.7 Å². The lowest BCUT2D eigenvalue weighted by atomic mass is 10.1. The van der Waals surface area contributed by atoms with E-state index in [0.717, 1.165) is 63.5 Å². The van der Waals surface area contributed by atoms with Crippen LogP contribution in [0.3, 0.4) is 0 Å². The van der Waals surface area contributed by atoms with E-state index < -0.39 is 0 Å². The zero-order valence-corrected chi connectivity index (χ0v) is 20.0. The number of aliphatic imine (C=N–C) groups is 1. The lowest BCUT2D eigenvalue weighted by Gasteiger charge is -2.29. The van der Waals surface area contributed by atoms with Gasteiger partial charge in [-0.25, -0.2) is 0 Å². The highest BCUT2D eigenvalue weighted by molar-refractivity contribution is 14.0. The summed E-state index contributed by atoms with van der Waals surface area (Å²) in [5.41, 5.74) is 1.10. The van der Waals surface area contributed by atoms with E-state index in [-0.39, 0.29) is 30.1 Å². The number of rotatable bonds is 7. The van der Waals surface area contributed by atoms with Crippen LogP contribution in [0.2, 0.25) is 10.0 Å². The molecule has 1 fully saturated rings. The van der Waals surface area contributed by atoms with Crippen LogP contribution in [0, 0.1) is 0 Å². The van der Waals surface area contributed by atoms with E-state index in [9.17, 15) is 5.11 Å². The molecule has 0 aromatic heterocycles. The van der Waals surface area contributed by atoms with E-state index in [4.69, 9.17) is 28.2 Å². The molecule has 1 heterocycles. The van der Waals surface area contributed by atoms with Crippen molar-refractivity contribution >= 4 is 53.1 Å². The third-order valence-electron chi connectivity index (χ3n) is 4.55. The Kier molecular flexibility index (Phi) is 12.0. The van der Waals surface area contributed by atoms with Crippen molar-refractivity contribution < 1.29 is 5.11 Å². The molecule has 27 heavy (non-hydrogen) atoms. The van der Waals surface area contributed by atoms with Crippen LogP contribution < -0.4 is 5.32 Å². The molecule has 8 heteroatoms. The number of piperidine rings is 1. The molecule has 0 amide bonds. The van der Waals surface area contributed by atoms with Gasteiger partial charge in [0, 0.05) is 39.8 Å². The summed E-state index contributed by atoms with van der Waals surface area (Å²) in [5.74, 6) is 0.896. The summed E-state index contributed by atoms with van der Waals surface area (Å²) in [5, 5.41) is 14.1. The number of hydrogen-bond acceptors (Lipinski definition) is 3. The molecule has 154 valence electrons. The first-order chi connectivity index (χ1) is 12.5. The number of aliphatic hydroxyl groups excluding tert-OH is 1. The minimum absolute atomic E-state index is 0. The van der Waals surface area contributed by atoms with Gasteiger partial charge in [0.25, 0.3) is 0 Å². The van der Waals surface area contributed by atoms with Gasteiger partial charge in [0.2, 0.25) is 0 Å². The van der Waals surface area contributed by atoms with Gasteiger partial charge in [0.15, 0.2) is 5.96 Å². The Hall–Kier alpha value is -0.280. The first-order valence-corrected chi connectivity index (χ1v) is 10.1. The summed E-state index contributed by atoms with van der Waals surface area (Å²) in [7, 11) is 2.02. The summed E-state index contributed by atoms with van der Waals surface area (Å²) in [6.45, 7) is 7.41. The fourth-order valence-electron chi connectivity index (χ4n) is 3.08. The predicted molar refractivity (Wildman–Crippen MR) is 126 cm³/mol. The summed E-state index contributed by atoms with van der Waals surface area (Å²) in [6.07, 6.45) is 2.68. The Labute approximate surface area is 190 Å². The Bertz CT molecular complexity index is 595. The molecular weight excluding hydrogens is 498 g/mol. The van der Waals surface area contributed by atoms with Gasteiger partial charge in [0.1, 0.15) is 0 Å². The monoisotopic (exact) mass is 528 g/mol. The molecule has 0 atom stereocenters. The molecule has 1 aliphatic rings. The number of nitrogens with one attached hydrogen (secondary N) is 1. The van der Waals surface area contributed by atoms with Crippen LogP contribution >= 0.6 is 47.2 Å². The Balaban J connectivity index is 0.00000364. The minimum atomic E-state index is -0.111. The second-order valence-electron chi connectivity index (χ2n) is 6.77. The van der Waals surface area contributed by atoms with E-state index in [0.29, 0.717) is 16.6 Å². The fourth-order valence-corrected chi connectivity index (χ4v) is 3.40. The van der Waals surface area contributed by atoms with Crippen LogP contribution in [0.5, 0.6) is 0 Å². The summed E-state index contributed by atoms with van der Waals surface area (Å²) in [6, 6.07) is 5.71. The lowest BCUT2D eigenvalue weighted by Crippen LogP contribution is -2.39. The molecule has 0 spiro atoms. The van der Waals surface area contributed by atoms with Crippen LogP contribution in [-0.2, 0) is 6.54 Å². The number of hydrogen-bond donors (Lipinski definition) is 2. The topological polar surface area (TPSA) is 51.1 Å². The SMILES string of the molecule is CCNC(=NCCCN1CCC(O)CC1)N(C)Cc1ccc(Cl)c(Cl)c1.I. The molecule has 0 aliphatic carbocycles. The third kappa shape index (κ3) is 8.73. The number of aliphatic hydroxyl groups is 1. The largest absolute Gasteiger partial charge is 0.393 e. The molecule has 1 saturated heterocycles. The number of likely N-dealkylation sites (tertiary alicyclic amines) is 1. The fraction of sp³-hybridized carbons (Fsp3) is 0.632. The average Bonchev–Trinajstić information content (AvgIpc) is 2.62. The smallest absolute Gasteiger partial charge is 0.193 e. The normalized spacial score (nSPS) is 16.1. The Morgan fingerprint density at radius 1 is 1.30 bits per heavy atom. The number of nitrogens with zero attached hydrogens (tertiary/aromatic N) is 3. The van der Waals surface area contributed by atoms with E-state index >= 15 is 0 Å². The highest BCUT2D eigenvalue weighted by atomic mass is 127. The van der Waals surface area contributed by atoms with E-state index in [1.807, 2.05) is 25.2 Å². The number of halogens is 3. The maximum absolute atomic E-state index is 9.57. The molecule has 0 bridgehead atoms. The van der Waals surface area contributed by atoms with Gasteiger partial charge in [0.05, 0.1) is 16.1 Å². The summed E-state index contributed by atoms with van der Waals surface area (Å²) >= 11 is 12.1. The van der Waals surface area contributed by atoms with Crippen molar-refractivity contribution in [3.63, 3.8) is 0 Å². The van der Waals surface area contributed by atoms with Crippen LogP contribution in [0.4, 0.5) is 0 Å². The van der Waals surface area contributed by atoms with Crippen molar-refractivity contribution in [2.45, 2.75) is 38.8 Å². The zero-order chi connectivity index (χ0) is 18.9. The standard InChI is InChI=1S/C19H30Cl2N4O.HI/c1-3-22-19(23-9-4-10-25-11-7-16(26)8-12-25)24(2)14-15-5-6-17(20)18(21)13-15;/h5-6,13,16,26H,3-4,7-12,14H2,1-2H3,(H,22,23);1H. The van der Waals surface area contributed by atoms with Gasteiger partial charge in [-0.05, 0) is 50.4 Å². The average molecular weight is 529 g/mol. The zero-order valence-electron chi connectivity index (χ0n) is 16.1. The van der Waals surface area contributed by atoms with Crippen molar-refractivity contribution in [3.05, 3.63) is 33.8 Å². The third-order valence-corrected chi connectivity index (χ3v) is 5.29. The second kappa shape index (κ2) is 13.0. The molecule has 0 unspecified atom stereocenters. The van der Waals surface area contributed by atoms with Crippen LogP contribution in [0.1, 0.15) is 31.7 Å². The van der Waals surface area contributed by atoms with Crippen molar-refractivity contribution in [2.24, 2.45) is 4.99 Å². The summed E-state index contributed by atoms with van der Waals surface area (Å²) in [4.78, 5) is 9.25. The molecule has 2 rings (SSSR count). The van der Waals surface area contributed by atoms with Crippen molar-refractivity contribution in [3.8, 4) is 0 Å². The molecule has 1 aromatic rings. The molecule has 1 aromatic carbocycles. The first kappa shape index (κ1) is 24.8. The van der Waals surface area contributed by atoms with Crippen molar-refractivity contribution in [2.75, 3.05) is 39.8 Å². The van der Waals surface area contributed by atoms with Crippen LogP contribution in [0.15, 0.2) is 23.2 Å². The summed E-state index contributed by atoms with van der Waals surface area (Å²) < 4.78 is 0. The predicted octanol–water partition coefficient (Wildman–Crippen LogP) is 3.86. The number of guanidine groups is 1. The quantitative estimate of drug-likeness (QED) is 0.244. The molecule has 0 saturated carbocycles. The molecule has 1 aliphatic heterocycles. The Morgan fingerprint density at radius 3 is 2.63 bits per heavy atom. The highest BCUT2D eigenvalue weighted by Crippen LogP contribution is 2.23. The minimum Gasteiger partial charge on any atom is -0.393 e. The van der Waals surface area contributed by atoms with Gasteiger partial charge in [-0.3, -0.25) is 4.99 Å². The highest BCUT2D eigenvalue weighted by Gasteiger charge is 2.16. The van der Waals surface area contributed by atoms with E-state index in [1.54, 1.807) is 0 Å². The van der Waals surface area contributed by atoms with Gasteiger partial charge >= 0.3 is 0 Å².